The van der Waals surface area contributed by atoms with Gasteiger partial charge in [0.15, 0.2) is 11.1 Å². The third-order valence-electron chi connectivity index (χ3n) is 3.90. The third-order valence-corrected chi connectivity index (χ3v) is 3.90. The number of H-pyrrole nitrogens is 1. The number of nitrogens with zero attached hydrogens (tertiary/aromatic N) is 1. The van der Waals surface area contributed by atoms with Crippen molar-refractivity contribution in [3.05, 3.63) is 88.1 Å². The van der Waals surface area contributed by atoms with Gasteiger partial charge in [-0.3, -0.25) is 14.4 Å². The lowest BCUT2D eigenvalue weighted by Gasteiger charge is -2.09. The average molecular weight is 378 g/mol. The Kier molecular flexibility index (Phi) is 5.81. The van der Waals surface area contributed by atoms with Gasteiger partial charge in [-0.1, -0.05) is 12.1 Å². The number of aromatic amines is 1. The maximum Gasteiger partial charge on any atom is 0.278 e. The Morgan fingerprint density at radius 2 is 1.93 bits per heavy atom. The minimum absolute atomic E-state index is 0.0583. The third kappa shape index (κ3) is 4.82. The van der Waals surface area contributed by atoms with Gasteiger partial charge in [-0.2, -0.15) is 0 Å². The molecule has 2 amide bonds. The van der Waals surface area contributed by atoms with E-state index in [1.807, 2.05) is 6.07 Å². The molecule has 0 unspecified atom stereocenters. The van der Waals surface area contributed by atoms with E-state index in [0.29, 0.717) is 18.7 Å². The molecular weight excluding hydrogens is 360 g/mol. The summed E-state index contributed by atoms with van der Waals surface area (Å²) in [5, 5.41) is 15.1. The monoisotopic (exact) mass is 378 g/mol. The van der Waals surface area contributed by atoms with Gasteiger partial charge in [0, 0.05) is 36.8 Å². The summed E-state index contributed by atoms with van der Waals surface area (Å²) in [6.45, 7) is 0.355. The predicted molar refractivity (Wildman–Crippen MR) is 103 cm³/mol. The van der Waals surface area contributed by atoms with E-state index in [-0.39, 0.29) is 28.5 Å². The molecule has 2 aromatic heterocycles. The number of carbonyl (C=O) groups excluding carboxylic acids is 2. The quantitative estimate of drug-likeness (QED) is 0.520. The van der Waals surface area contributed by atoms with Gasteiger partial charge in [0.25, 0.3) is 11.8 Å². The van der Waals surface area contributed by atoms with Crippen LogP contribution in [-0.4, -0.2) is 33.4 Å². The molecule has 0 atom stereocenters. The molecule has 3 rings (SSSR count). The molecule has 3 aromatic rings. The van der Waals surface area contributed by atoms with Crippen LogP contribution >= 0.6 is 0 Å². The first-order chi connectivity index (χ1) is 13.5. The van der Waals surface area contributed by atoms with Crippen LogP contribution in [0.15, 0.2) is 65.7 Å². The first-order valence-electron chi connectivity index (χ1n) is 8.54. The van der Waals surface area contributed by atoms with Crippen molar-refractivity contribution < 1.29 is 14.7 Å². The number of hydrogen-bond acceptors (Lipinski definition) is 5. The number of amides is 2. The van der Waals surface area contributed by atoms with Crippen molar-refractivity contribution in [2.24, 2.45) is 0 Å². The van der Waals surface area contributed by atoms with Crippen molar-refractivity contribution in [3.63, 3.8) is 0 Å². The first-order valence-corrected chi connectivity index (χ1v) is 8.54. The number of carbonyl (C=O) groups is 2. The van der Waals surface area contributed by atoms with Gasteiger partial charge in [0.2, 0.25) is 0 Å². The zero-order chi connectivity index (χ0) is 19.9. The van der Waals surface area contributed by atoms with Crippen LogP contribution in [0.2, 0.25) is 0 Å². The highest BCUT2D eigenvalue weighted by Gasteiger charge is 2.12. The number of aromatic hydroxyl groups is 1. The predicted octanol–water partition coefficient (Wildman–Crippen LogP) is 1.70. The molecule has 0 aliphatic rings. The normalized spacial score (nSPS) is 10.3. The standard InChI is InChI=1S/C20H18N4O4/c25-15-7-10-21-16(12-15)19(27)23-9-6-13-3-1-4-14(11-13)24-20(28)18-17(26)5-2-8-22-18/h1-5,7-8,10-12,26H,6,9H2,(H,21,25)(H,23,27)(H,24,28). The minimum Gasteiger partial charge on any atom is -0.505 e. The molecule has 0 bridgehead atoms. The molecule has 142 valence electrons. The van der Waals surface area contributed by atoms with Crippen LogP contribution in [0.3, 0.4) is 0 Å². The zero-order valence-corrected chi connectivity index (χ0v) is 14.8. The summed E-state index contributed by atoms with van der Waals surface area (Å²) in [4.78, 5) is 42.1. The summed E-state index contributed by atoms with van der Waals surface area (Å²) in [5.41, 5.74) is 1.34. The molecule has 0 aliphatic carbocycles. The lowest BCUT2D eigenvalue weighted by molar-refractivity contribution is 0.0948. The molecule has 0 saturated heterocycles. The first kappa shape index (κ1) is 18.8. The molecule has 2 heterocycles. The van der Waals surface area contributed by atoms with E-state index in [9.17, 15) is 19.5 Å². The molecule has 28 heavy (non-hydrogen) atoms. The highest BCUT2D eigenvalue weighted by atomic mass is 16.3. The molecule has 4 N–H and O–H groups in total. The van der Waals surface area contributed by atoms with Crippen LogP contribution in [0.4, 0.5) is 5.69 Å². The van der Waals surface area contributed by atoms with E-state index in [1.165, 1.54) is 36.7 Å². The van der Waals surface area contributed by atoms with E-state index in [0.717, 1.165) is 5.56 Å². The molecule has 0 radical (unpaired) electrons. The number of rotatable bonds is 6. The maximum atomic E-state index is 12.2. The maximum absolute atomic E-state index is 12.2. The fourth-order valence-electron chi connectivity index (χ4n) is 2.56. The van der Waals surface area contributed by atoms with Gasteiger partial charge >= 0.3 is 0 Å². The fraction of sp³-hybridized carbons (Fsp3) is 0.100. The zero-order valence-electron chi connectivity index (χ0n) is 14.8. The topological polar surface area (TPSA) is 124 Å². The van der Waals surface area contributed by atoms with Crippen LogP contribution in [0, 0.1) is 0 Å². The number of benzene rings is 1. The van der Waals surface area contributed by atoms with Crippen molar-refractivity contribution in [2.75, 3.05) is 11.9 Å². The Morgan fingerprint density at radius 3 is 2.71 bits per heavy atom. The van der Waals surface area contributed by atoms with Crippen LogP contribution in [-0.2, 0) is 6.42 Å². The second-order valence-electron chi connectivity index (χ2n) is 5.97. The van der Waals surface area contributed by atoms with E-state index in [2.05, 4.69) is 20.6 Å². The highest BCUT2D eigenvalue weighted by molar-refractivity contribution is 6.04. The van der Waals surface area contributed by atoms with Crippen molar-refractivity contribution in [3.8, 4) is 5.75 Å². The number of hydrogen-bond donors (Lipinski definition) is 4. The average Bonchev–Trinajstić information content (AvgIpc) is 2.68. The Labute approximate surface area is 160 Å². The number of anilines is 1. The van der Waals surface area contributed by atoms with Gasteiger partial charge in [-0.15, -0.1) is 0 Å². The summed E-state index contributed by atoms with van der Waals surface area (Å²) in [5.74, 6) is -1.08. The minimum atomic E-state index is -0.517. The molecular formula is C20H18N4O4. The largest absolute Gasteiger partial charge is 0.505 e. The van der Waals surface area contributed by atoms with Crippen LogP contribution in [0.1, 0.15) is 26.5 Å². The molecule has 0 fully saturated rings. The Morgan fingerprint density at radius 1 is 1.07 bits per heavy atom. The number of nitrogens with one attached hydrogen (secondary N) is 3. The fourth-order valence-corrected chi connectivity index (χ4v) is 2.56. The van der Waals surface area contributed by atoms with Crippen LogP contribution in [0.5, 0.6) is 5.75 Å². The highest BCUT2D eigenvalue weighted by Crippen LogP contribution is 2.16. The molecule has 0 saturated carbocycles. The number of aromatic nitrogens is 2. The Bertz CT molecular complexity index is 1060. The Hall–Kier alpha value is -3.94. The van der Waals surface area contributed by atoms with E-state index in [4.69, 9.17) is 0 Å². The van der Waals surface area contributed by atoms with Gasteiger partial charge in [0.1, 0.15) is 11.4 Å². The lowest BCUT2D eigenvalue weighted by Crippen LogP contribution is -2.27. The molecule has 8 heteroatoms. The smallest absolute Gasteiger partial charge is 0.278 e. The second kappa shape index (κ2) is 8.63. The molecule has 8 nitrogen and oxygen atoms in total. The molecule has 0 aliphatic heterocycles. The molecule has 1 aromatic carbocycles. The van der Waals surface area contributed by atoms with Gasteiger partial charge < -0.3 is 20.7 Å². The number of pyridine rings is 2. The van der Waals surface area contributed by atoms with Gasteiger partial charge in [-0.05, 0) is 36.2 Å². The van der Waals surface area contributed by atoms with E-state index < -0.39 is 5.91 Å². The summed E-state index contributed by atoms with van der Waals surface area (Å²) < 4.78 is 0. The van der Waals surface area contributed by atoms with E-state index in [1.54, 1.807) is 18.2 Å². The van der Waals surface area contributed by atoms with Crippen molar-refractivity contribution in [2.45, 2.75) is 6.42 Å². The SMILES string of the molecule is O=C(NCCc1cccc(NC(=O)c2ncccc2O)c1)c1cc(=O)cc[nH]1. The van der Waals surface area contributed by atoms with Gasteiger partial charge in [0.05, 0.1) is 0 Å². The van der Waals surface area contributed by atoms with Crippen molar-refractivity contribution >= 4 is 17.5 Å². The van der Waals surface area contributed by atoms with Crippen LogP contribution in [0.25, 0.3) is 0 Å². The second-order valence-corrected chi connectivity index (χ2v) is 5.97. The lowest BCUT2D eigenvalue weighted by atomic mass is 10.1. The van der Waals surface area contributed by atoms with E-state index >= 15 is 0 Å². The van der Waals surface area contributed by atoms with Crippen LogP contribution < -0.4 is 16.1 Å². The Balaban J connectivity index is 1.58. The van der Waals surface area contributed by atoms with Crippen molar-refractivity contribution in [1.82, 2.24) is 15.3 Å². The summed E-state index contributed by atoms with van der Waals surface area (Å²) in [6, 6.07) is 12.6. The summed E-state index contributed by atoms with van der Waals surface area (Å²) >= 11 is 0. The molecule has 0 spiro atoms. The summed E-state index contributed by atoms with van der Waals surface area (Å²) in [6.07, 6.45) is 3.37. The van der Waals surface area contributed by atoms with Crippen molar-refractivity contribution in [1.29, 1.82) is 0 Å². The summed E-state index contributed by atoms with van der Waals surface area (Å²) in [7, 11) is 0. The van der Waals surface area contributed by atoms with Gasteiger partial charge in [-0.25, -0.2) is 4.98 Å².